The molecule has 0 bridgehead atoms. The average Bonchev–Trinajstić information content (AvgIpc) is 3.54. The van der Waals surface area contributed by atoms with Crippen LogP contribution in [0.15, 0.2) is 42.9 Å². The van der Waals surface area contributed by atoms with Crippen LogP contribution in [-0.4, -0.2) is 104 Å². The second kappa shape index (κ2) is 20.4. The second-order valence-corrected chi connectivity index (χ2v) is 15.4. The molecule has 15 nitrogen and oxygen atoms in total. The number of nitrogens with zero attached hydrogens (tertiary/aromatic N) is 2. The molecule has 1 aromatic carbocycles. The molecular formula is C37H59N7O8. The summed E-state index contributed by atoms with van der Waals surface area (Å²) in [6.07, 6.45) is 1.39. The topological polar surface area (TPSA) is 215 Å². The van der Waals surface area contributed by atoms with Crippen molar-refractivity contribution in [3.05, 3.63) is 54.1 Å². The number of aromatic nitrogens is 2. The van der Waals surface area contributed by atoms with E-state index >= 15 is 0 Å². The molecular weight excluding hydrogens is 670 g/mol. The van der Waals surface area contributed by atoms with Crippen molar-refractivity contribution >= 4 is 29.9 Å². The molecule has 52 heavy (non-hydrogen) atoms. The number of urea groups is 1. The molecule has 2 aromatic rings. The first-order valence-electron chi connectivity index (χ1n) is 17.8. The third kappa shape index (κ3) is 15.7. The molecule has 0 saturated carbocycles. The Hall–Kier alpha value is -4.66. The molecule has 1 heterocycles. The van der Waals surface area contributed by atoms with Crippen LogP contribution in [0.2, 0.25) is 0 Å². The minimum Gasteiger partial charge on any atom is -0.480 e. The number of alkyl carbamates (subject to hydrolysis) is 1. The normalized spacial score (nSPS) is 14.6. The van der Waals surface area contributed by atoms with Crippen LogP contribution in [0.25, 0.3) is 0 Å². The van der Waals surface area contributed by atoms with Crippen LogP contribution in [0.1, 0.15) is 80.0 Å². The Balaban J connectivity index is 2.36. The van der Waals surface area contributed by atoms with Crippen LogP contribution < -0.4 is 21.3 Å². The summed E-state index contributed by atoms with van der Waals surface area (Å²) in [5.41, 5.74) is 0.510. The van der Waals surface area contributed by atoms with Crippen molar-refractivity contribution in [1.82, 2.24) is 36.1 Å². The largest absolute Gasteiger partial charge is 0.480 e. The van der Waals surface area contributed by atoms with Crippen molar-refractivity contribution in [2.45, 2.75) is 117 Å². The summed E-state index contributed by atoms with van der Waals surface area (Å²) in [6, 6.07) is 4.20. The fourth-order valence-electron chi connectivity index (χ4n) is 5.48. The summed E-state index contributed by atoms with van der Waals surface area (Å²) < 4.78 is 5.41. The van der Waals surface area contributed by atoms with Gasteiger partial charge in [-0.3, -0.25) is 9.59 Å². The molecule has 0 saturated heterocycles. The quantitative estimate of drug-likeness (QED) is 0.113. The van der Waals surface area contributed by atoms with E-state index in [1.807, 2.05) is 58.0 Å². The van der Waals surface area contributed by atoms with E-state index in [4.69, 9.17) is 4.74 Å². The molecule has 5 atom stereocenters. The van der Waals surface area contributed by atoms with Gasteiger partial charge < -0.3 is 46.1 Å². The number of amides is 5. The lowest BCUT2D eigenvalue weighted by Gasteiger charge is -2.33. The molecule has 0 aliphatic carbocycles. The smallest absolute Gasteiger partial charge is 0.408 e. The standard InChI is InChI=1S/C37H59N7O8/c1-22(2)15-27(30(45)20-44(19-23(3)4)35(50)43-31(24(5)6)34(48)49)40-33(47)29(17-26-18-38-21-39-26)41-32(46)28(16-25-13-11-10-12-14-25)42-36(51)52-37(7,8)9/h10-14,18,21-24,27-31,45H,15-17,19-20H2,1-9H3,(H,38,39)(H,40,47)(H,41,46)(H,42,51)(H,43,50)(H,48,49)/t27-,28-,29-,30?,31-/m0/s1. The first kappa shape index (κ1) is 43.5. The van der Waals surface area contributed by atoms with Crippen molar-refractivity contribution < 1.29 is 38.9 Å². The summed E-state index contributed by atoms with van der Waals surface area (Å²) >= 11 is 0. The number of imidazole rings is 1. The van der Waals surface area contributed by atoms with Gasteiger partial charge in [-0.2, -0.15) is 0 Å². The van der Waals surface area contributed by atoms with Crippen LogP contribution in [0.4, 0.5) is 9.59 Å². The van der Waals surface area contributed by atoms with Crippen LogP contribution in [0.5, 0.6) is 0 Å². The van der Waals surface area contributed by atoms with Gasteiger partial charge in [-0.25, -0.2) is 19.4 Å². The maximum absolute atomic E-state index is 14.0. The Labute approximate surface area is 307 Å². The number of hydrogen-bond donors (Lipinski definition) is 7. The minimum atomic E-state index is -1.25. The SMILES string of the molecule is CC(C)C[C@H](NC(=O)[C@H](Cc1cnc[nH]1)NC(=O)[C@H](Cc1ccccc1)NC(=O)OC(C)(C)C)C(O)CN(CC(C)C)C(=O)N[C@H](C(=O)O)C(C)C. The highest BCUT2D eigenvalue weighted by Crippen LogP contribution is 2.14. The summed E-state index contributed by atoms with van der Waals surface area (Å²) in [5.74, 6) is -2.78. The molecule has 0 fully saturated rings. The predicted molar refractivity (Wildman–Crippen MR) is 196 cm³/mol. The molecule has 0 aliphatic rings. The van der Waals surface area contributed by atoms with Crippen LogP contribution >= 0.6 is 0 Å². The van der Waals surface area contributed by atoms with Gasteiger partial charge in [0.2, 0.25) is 11.8 Å². The molecule has 0 aliphatic heterocycles. The first-order valence-corrected chi connectivity index (χ1v) is 17.8. The van der Waals surface area contributed by atoms with Crippen molar-refractivity contribution in [2.75, 3.05) is 13.1 Å². The predicted octanol–water partition coefficient (Wildman–Crippen LogP) is 3.24. The fraction of sp³-hybridized carbons (Fsp3) is 0.622. The fourth-order valence-corrected chi connectivity index (χ4v) is 5.48. The van der Waals surface area contributed by atoms with Gasteiger partial charge in [0.05, 0.1) is 25.0 Å². The number of carboxylic acids is 1. The van der Waals surface area contributed by atoms with Gasteiger partial charge in [0, 0.05) is 31.3 Å². The lowest BCUT2D eigenvalue weighted by Crippen LogP contribution is -2.59. The number of aliphatic hydroxyl groups excluding tert-OH is 1. The minimum absolute atomic E-state index is 0.00876. The lowest BCUT2D eigenvalue weighted by molar-refractivity contribution is -0.140. The average molecular weight is 730 g/mol. The highest BCUT2D eigenvalue weighted by Gasteiger charge is 2.34. The maximum atomic E-state index is 14.0. The first-order chi connectivity index (χ1) is 24.2. The number of H-pyrrole nitrogens is 1. The third-order valence-electron chi connectivity index (χ3n) is 7.91. The Morgan fingerprint density at radius 1 is 0.846 bits per heavy atom. The van der Waals surface area contributed by atoms with Gasteiger partial charge in [0.15, 0.2) is 0 Å². The number of aromatic amines is 1. The van der Waals surface area contributed by atoms with Gasteiger partial charge in [-0.1, -0.05) is 71.9 Å². The van der Waals surface area contributed by atoms with Crippen molar-refractivity contribution in [2.24, 2.45) is 17.8 Å². The van der Waals surface area contributed by atoms with Gasteiger partial charge in [-0.15, -0.1) is 0 Å². The number of carbonyl (C=O) groups is 5. The molecule has 290 valence electrons. The number of hydrogen-bond acceptors (Lipinski definition) is 8. The van der Waals surface area contributed by atoms with E-state index in [1.165, 1.54) is 17.4 Å². The van der Waals surface area contributed by atoms with Gasteiger partial charge in [-0.05, 0) is 50.5 Å². The number of carbonyl (C=O) groups excluding carboxylic acids is 4. The molecule has 2 rings (SSSR count). The molecule has 15 heteroatoms. The van der Waals surface area contributed by atoms with Crippen molar-refractivity contribution in [3.8, 4) is 0 Å². The Kier molecular flexibility index (Phi) is 17.1. The van der Waals surface area contributed by atoms with E-state index in [9.17, 15) is 34.2 Å². The number of rotatable bonds is 19. The number of benzene rings is 1. The van der Waals surface area contributed by atoms with E-state index in [1.54, 1.807) is 34.6 Å². The molecule has 5 amide bonds. The van der Waals surface area contributed by atoms with Crippen molar-refractivity contribution in [1.29, 1.82) is 0 Å². The Morgan fingerprint density at radius 3 is 1.98 bits per heavy atom. The summed E-state index contributed by atoms with van der Waals surface area (Å²) in [4.78, 5) is 74.1. The summed E-state index contributed by atoms with van der Waals surface area (Å²) in [6.45, 7) is 16.1. The van der Waals surface area contributed by atoms with E-state index in [-0.39, 0.29) is 43.7 Å². The second-order valence-electron chi connectivity index (χ2n) is 15.4. The number of aliphatic hydroxyl groups is 1. The zero-order valence-electron chi connectivity index (χ0n) is 31.9. The number of ether oxygens (including phenoxy) is 1. The maximum Gasteiger partial charge on any atom is 0.408 e. The zero-order chi connectivity index (χ0) is 39.2. The lowest BCUT2D eigenvalue weighted by atomic mass is 9.97. The summed E-state index contributed by atoms with van der Waals surface area (Å²) in [5, 5.41) is 32.1. The molecule has 7 N–H and O–H groups in total. The van der Waals surface area contributed by atoms with E-state index in [2.05, 4.69) is 31.2 Å². The number of carboxylic acid groups (broad SMARTS) is 1. The van der Waals surface area contributed by atoms with E-state index in [0.717, 1.165) is 5.56 Å². The van der Waals surface area contributed by atoms with Gasteiger partial charge in [0.25, 0.3) is 0 Å². The molecule has 0 spiro atoms. The van der Waals surface area contributed by atoms with Crippen LogP contribution in [-0.2, 0) is 32.0 Å². The summed E-state index contributed by atoms with van der Waals surface area (Å²) in [7, 11) is 0. The van der Waals surface area contributed by atoms with Gasteiger partial charge >= 0.3 is 18.1 Å². The zero-order valence-corrected chi connectivity index (χ0v) is 31.9. The van der Waals surface area contributed by atoms with Crippen LogP contribution in [0.3, 0.4) is 0 Å². The van der Waals surface area contributed by atoms with Gasteiger partial charge in [0.1, 0.15) is 23.7 Å². The highest BCUT2D eigenvalue weighted by molar-refractivity contribution is 5.92. The van der Waals surface area contributed by atoms with Crippen molar-refractivity contribution in [3.63, 3.8) is 0 Å². The number of nitrogens with one attached hydrogen (secondary N) is 5. The third-order valence-corrected chi connectivity index (χ3v) is 7.91. The Bertz CT molecular complexity index is 1430. The monoisotopic (exact) mass is 729 g/mol. The van der Waals surface area contributed by atoms with E-state index in [0.29, 0.717) is 12.1 Å². The molecule has 0 radical (unpaired) electrons. The Morgan fingerprint density at radius 2 is 1.46 bits per heavy atom. The van der Waals surface area contributed by atoms with E-state index < -0.39 is 65.8 Å². The molecule has 1 unspecified atom stereocenters. The highest BCUT2D eigenvalue weighted by atomic mass is 16.6. The number of aliphatic carboxylic acids is 1. The van der Waals surface area contributed by atoms with Crippen LogP contribution in [0, 0.1) is 17.8 Å². The molecule has 1 aromatic heterocycles.